The fourth-order valence-corrected chi connectivity index (χ4v) is 3.56. The molecule has 1 N–H and O–H groups in total. The largest absolute Gasteiger partial charge is 0.405 e. The molecule has 2 unspecified atom stereocenters. The van der Waals surface area contributed by atoms with Crippen molar-refractivity contribution in [2.75, 3.05) is 24.6 Å². The number of nitriles is 1. The third-order valence-corrected chi connectivity index (χ3v) is 4.50. The van der Waals surface area contributed by atoms with Gasteiger partial charge < -0.3 is 5.32 Å². The third kappa shape index (κ3) is 4.52. The molecule has 0 aromatic heterocycles. The molecule has 98 valence electrons. The van der Waals surface area contributed by atoms with Gasteiger partial charge in [-0.1, -0.05) is 0 Å². The van der Waals surface area contributed by atoms with Crippen molar-refractivity contribution in [2.45, 2.75) is 12.6 Å². The summed E-state index contributed by atoms with van der Waals surface area (Å²) in [5, 5.41) is 10.8. The summed E-state index contributed by atoms with van der Waals surface area (Å²) in [5.41, 5.74) is 0. The summed E-state index contributed by atoms with van der Waals surface area (Å²) in [4.78, 5) is 0. The van der Waals surface area contributed by atoms with Crippen LogP contribution < -0.4 is 5.32 Å². The predicted octanol–water partition coefficient (Wildman–Crippen LogP) is 0.713. The van der Waals surface area contributed by atoms with Crippen LogP contribution in [0.3, 0.4) is 0 Å². The van der Waals surface area contributed by atoms with E-state index >= 15 is 0 Å². The molecule has 0 bridgehead atoms. The predicted molar refractivity (Wildman–Crippen MR) is 54.8 cm³/mol. The van der Waals surface area contributed by atoms with E-state index in [0.29, 0.717) is 6.42 Å². The van der Waals surface area contributed by atoms with E-state index in [0.717, 1.165) is 0 Å². The van der Waals surface area contributed by atoms with Crippen LogP contribution in [0.1, 0.15) is 6.42 Å². The molecule has 0 aromatic carbocycles. The molecule has 17 heavy (non-hydrogen) atoms. The van der Waals surface area contributed by atoms with Crippen molar-refractivity contribution in [1.82, 2.24) is 5.32 Å². The lowest BCUT2D eigenvalue weighted by molar-refractivity contribution is -0.157. The van der Waals surface area contributed by atoms with Crippen molar-refractivity contribution in [3.63, 3.8) is 0 Å². The number of nitrogens with one attached hydrogen (secondary N) is 1. The number of alkyl halides is 3. The molecule has 1 heterocycles. The van der Waals surface area contributed by atoms with Gasteiger partial charge in [-0.15, -0.1) is 0 Å². The minimum absolute atomic E-state index is 0.0171. The fraction of sp³-hybridized carbons (Fsp3) is 0.889. The third-order valence-electron chi connectivity index (χ3n) is 2.66. The van der Waals surface area contributed by atoms with E-state index in [-0.39, 0.29) is 24.0 Å². The first kappa shape index (κ1) is 14.3. The quantitative estimate of drug-likeness (QED) is 0.817. The number of hydrogen-bond acceptors (Lipinski definition) is 4. The van der Waals surface area contributed by atoms with Crippen molar-refractivity contribution in [1.29, 1.82) is 5.26 Å². The molecule has 0 amide bonds. The SMILES string of the molecule is N#CC(CNCC1CCS(=O)(=O)C1)C(F)(F)F. The van der Waals surface area contributed by atoms with Gasteiger partial charge in [0.15, 0.2) is 15.8 Å². The highest BCUT2D eigenvalue weighted by molar-refractivity contribution is 7.91. The summed E-state index contributed by atoms with van der Waals surface area (Å²) < 4.78 is 58.7. The van der Waals surface area contributed by atoms with Crippen LogP contribution in [0.25, 0.3) is 0 Å². The lowest BCUT2D eigenvalue weighted by Gasteiger charge is -2.15. The van der Waals surface area contributed by atoms with Gasteiger partial charge in [-0.05, 0) is 18.9 Å². The van der Waals surface area contributed by atoms with Crippen molar-refractivity contribution in [3.8, 4) is 6.07 Å². The first-order valence-corrected chi connectivity index (χ1v) is 6.94. The van der Waals surface area contributed by atoms with E-state index in [1.54, 1.807) is 0 Å². The Bertz CT molecular complexity index is 399. The van der Waals surface area contributed by atoms with Crippen LogP contribution in [0.15, 0.2) is 0 Å². The molecule has 0 spiro atoms. The highest BCUT2D eigenvalue weighted by Gasteiger charge is 2.39. The van der Waals surface area contributed by atoms with Crippen LogP contribution in [0.4, 0.5) is 13.2 Å². The van der Waals surface area contributed by atoms with Crippen molar-refractivity contribution >= 4 is 9.84 Å². The van der Waals surface area contributed by atoms with Gasteiger partial charge in [-0.3, -0.25) is 0 Å². The number of sulfone groups is 1. The summed E-state index contributed by atoms with van der Waals surface area (Å²) in [6, 6.07) is 1.18. The van der Waals surface area contributed by atoms with E-state index in [1.165, 1.54) is 6.07 Å². The van der Waals surface area contributed by atoms with Gasteiger partial charge in [0.1, 0.15) is 0 Å². The number of hydrogen-bond donors (Lipinski definition) is 1. The zero-order valence-electron chi connectivity index (χ0n) is 9.00. The summed E-state index contributed by atoms with van der Waals surface area (Å²) in [6.45, 7) is -0.288. The minimum atomic E-state index is -4.54. The van der Waals surface area contributed by atoms with E-state index in [9.17, 15) is 21.6 Å². The molecule has 0 radical (unpaired) electrons. The zero-order chi connectivity index (χ0) is 13.1. The van der Waals surface area contributed by atoms with E-state index in [4.69, 9.17) is 5.26 Å². The summed E-state index contributed by atoms with van der Waals surface area (Å²) >= 11 is 0. The van der Waals surface area contributed by atoms with Crippen molar-refractivity contribution < 1.29 is 21.6 Å². The maximum atomic E-state index is 12.2. The van der Waals surface area contributed by atoms with Crippen LogP contribution in [0.5, 0.6) is 0 Å². The molecule has 0 saturated carbocycles. The van der Waals surface area contributed by atoms with Gasteiger partial charge in [0.2, 0.25) is 0 Å². The lowest BCUT2D eigenvalue weighted by atomic mass is 10.1. The molecule has 2 atom stereocenters. The molecule has 8 heteroatoms. The van der Waals surface area contributed by atoms with Gasteiger partial charge in [0.25, 0.3) is 0 Å². The van der Waals surface area contributed by atoms with Crippen LogP contribution in [0.2, 0.25) is 0 Å². The molecule has 0 aliphatic carbocycles. The summed E-state index contributed by atoms with van der Waals surface area (Å²) in [5.74, 6) is -2.07. The van der Waals surface area contributed by atoms with E-state index < -0.39 is 28.5 Å². The smallest absolute Gasteiger partial charge is 0.315 e. The van der Waals surface area contributed by atoms with Crippen LogP contribution in [-0.4, -0.2) is 39.2 Å². The van der Waals surface area contributed by atoms with Gasteiger partial charge in [0.05, 0.1) is 17.6 Å². The van der Waals surface area contributed by atoms with Gasteiger partial charge in [0, 0.05) is 6.54 Å². The second kappa shape index (κ2) is 5.23. The maximum absolute atomic E-state index is 12.2. The highest BCUT2D eigenvalue weighted by atomic mass is 32.2. The Labute approximate surface area is 97.7 Å². The molecule has 1 aliphatic heterocycles. The number of rotatable bonds is 4. The van der Waals surface area contributed by atoms with Crippen LogP contribution in [0, 0.1) is 23.2 Å². The van der Waals surface area contributed by atoms with Crippen molar-refractivity contribution in [3.05, 3.63) is 0 Å². The minimum Gasteiger partial charge on any atom is -0.315 e. The molecule has 1 fully saturated rings. The Hall–Kier alpha value is -0.810. The molecule has 1 rings (SSSR count). The normalized spacial score (nSPS) is 25.4. The van der Waals surface area contributed by atoms with Gasteiger partial charge in [-0.2, -0.15) is 18.4 Å². The topological polar surface area (TPSA) is 70.0 Å². The standard InChI is InChI=1S/C9H13F3N2O2S/c10-9(11,12)8(3-13)5-14-4-7-1-2-17(15,16)6-7/h7-8,14H,1-2,4-6H2. The zero-order valence-corrected chi connectivity index (χ0v) is 9.81. The monoisotopic (exact) mass is 270 g/mol. The lowest BCUT2D eigenvalue weighted by Crippen LogP contribution is -2.35. The van der Waals surface area contributed by atoms with Crippen LogP contribution >= 0.6 is 0 Å². The number of halogens is 3. The Morgan fingerprint density at radius 3 is 2.53 bits per heavy atom. The maximum Gasteiger partial charge on any atom is 0.405 e. The molecule has 1 aliphatic rings. The molecule has 1 saturated heterocycles. The van der Waals surface area contributed by atoms with Gasteiger partial charge >= 0.3 is 6.18 Å². The Morgan fingerprint density at radius 2 is 2.12 bits per heavy atom. The fourth-order valence-electron chi connectivity index (χ4n) is 1.70. The number of nitrogens with zero attached hydrogens (tertiary/aromatic N) is 1. The van der Waals surface area contributed by atoms with Gasteiger partial charge in [-0.25, -0.2) is 8.42 Å². The average molecular weight is 270 g/mol. The summed E-state index contributed by atoms with van der Waals surface area (Å²) in [6.07, 6.45) is -4.07. The Balaban J connectivity index is 2.32. The Kier molecular flexibility index (Phi) is 4.38. The average Bonchev–Trinajstić information content (AvgIpc) is 2.51. The first-order valence-electron chi connectivity index (χ1n) is 5.12. The molecule has 4 nitrogen and oxygen atoms in total. The van der Waals surface area contributed by atoms with E-state index in [1.807, 2.05) is 0 Å². The van der Waals surface area contributed by atoms with Crippen LogP contribution in [-0.2, 0) is 9.84 Å². The van der Waals surface area contributed by atoms with Crippen molar-refractivity contribution in [2.24, 2.45) is 11.8 Å². The van der Waals surface area contributed by atoms with E-state index in [2.05, 4.69) is 5.32 Å². The molecular formula is C9H13F3N2O2S. The summed E-state index contributed by atoms with van der Waals surface area (Å²) in [7, 11) is -3.01. The molecular weight excluding hydrogens is 257 g/mol. The molecule has 0 aromatic rings. The Morgan fingerprint density at radius 1 is 1.47 bits per heavy atom. The second-order valence-electron chi connectivity index (χ2n) is 4.15. The highest BCUT2D eigenvalue weighted by Crippen LogP contribution is 2.25. The second-order valence-corrected chi connectivity index (χ2v) is 6.38. The first-order chi connectivity index (χ1) is 7.74.